The average Bonchev–Trinajstić information content (AvgIpc) is 2.49. The summed E-state index contributed by atoms with van der Waals surface area (Å²) in [5, 5.41) is 0. The van der Waals surface area contributed by atoms with Crippen molar-refractivity contribution in [3.8, 4) is 0 Å². The summed E-state index contributed by atoms with van der Waals surface area (Å²) in [6.45, 7) is 4.14. The second-order valence-corrected chi connectivity index (χ2v) is 5.81. The number of rotatable bonds is 11. The van der Waals surface area contributed by atoms with Crippen LogP contribution in [-0.2, 0) is 6.42 Å². The number of hydrogen-bond donors (Lipinski definition) is 1. The van der Waals surface area contributed by atoms with E-state index in [0.717, 1.165) is 19.5 Å². The van der Waals surface area contributed by atoms with Crippen LogP contribution in [0.1, 0.15) is 51.0 Å². The molecular weight excluding hydrogens is 244 g/mol. The van der Waals surface area contributed by atoms with E-state index in [1.165, 1.54) is 44.1 Å². The average molecular weight is 276 g/mol. The molecular formula is C18H32N2. The van der Waals surface area contributed by atoms with E-state index in [0.29, 0.717) is 6.04 Å². The SMILES string of the molecule is CCCCCCCC(CN)N(C)CCc1ccccc1. The summed E-state index contributed by atoms with van der Waals surface area (Å²) in [6.07, 6.45) is 9.10. The molecule has 0 aliphatic carbocycles. The quantitative estimate of drug-likeness (QED) is 0.622. The number of hydrogen-bond acceptors (Lipinski definition) is 2. The van der Waals surface area contributed by atoms with Crippen molar-refractivity contribution in [1.29, 1.82) is 0 Å². The maximum atomic E-state index is 5.94. The minimum absolute atomic E-state index is 0.542. The maximum Gasteiger partial charge on any atom is 0.0215 e. The Morgan fingerprint density at radius 1 is 1.05 bits per heavy atom. The fourth-order valence-corrected chi connectivity index (χ4v) is 2.63. The molecule has 0 aromatic heterocycles. The lowest BCUT2D eigenvalue weighted by Crippen LogP contribution is -2.39. The van der Waals surface area contributed by atoms with Crippen molar-refractivity contribution in [1.82, 2.24) is 4.90 Å². The molecule has 20 heavy (non-hydrogen) atoms. The second kappa shape index (κ2) is 10.9. The van der Waals surface area contributed by atoms with Gasteiger partial charge < -0.3 is 10.6 Å². The van der Waals surface area contributed by atoms with Gasteiger partial charge in [-0.05, 0) is 25.5 Å². The van der Waals surface area contributed by atoms with Crippen molar-refractivity contribution in [3.63, 3.8) is 0 Å². The molecule has 114 valence electrons. The second-order valence-electron chi connectivity index (χ2n) is 5.81. The van der Waals surface area contributed by atoms with E-state index in [1.807, 2.05) is 0 Å². The van der Waals surface area contributed by atoms with Gasteiger partial charge in [-0.1, -0.05) is 69.4 Å². The third kappa shape index (κ3) is 7.06. The first-order chi connectivity index (χ1) is 9.77. The van der Waals surface area contributed by atoms with E-state index < -0.39 is 0 Å². The van der Waals surface area contributed by atoms with Gasteiger partial charge in [0.2, 0.25) is 0 Å². The molecule has 0 aliphatic rings. The molecule has 0 amide bonds. The first-order valence-corrected chi connectivity index (χ1v) is 8.22. The van der Waals surface area contributed by atoms with Crippen LogP contribution in [0.2, 0.25) is 0 Å². The first kappa shape index (κ1) is 17.2. The Hall–Kier alpha value is -0.860. The molecule has 0 aliphatic heterocycles. The normalized spacial score (nSPS) is 12.8. The van der Waals surface area contributed by atoms with Crippen molar-refractivity contribution in [2.75, 3.05) is 20.1 Å². The number of unbranched alkanes of at least 4 members (excludes halogenated alkanes) is 4. The summed E-state index contributed by atoms with van der Waals surface area (Å²) in [5.41, 5.74) is 7.36. The van der Waals surface area contributed by atoms with Crippen LogP contribution in [0.5, 0.6) is 0 Å². The highest BCUT2D eigenvalue weighted by Gasteiger charge is 2.12. The van der Waals surface area contributed by atoms with E-state index in [4.69, 9.17) is 5.73 Å². The molecule has 2 heteroatoms. The van der Waals surface area contributed by atoms with E-state index >= 15 is 0 Å². The third-order valence-electron chi connectivity index (χ3n) is 4.13. The van der Waals surface area contributed by atoms with Gasteiger partial charge in [0, 0.05) is 19.1 Å². The van der Waals surface area contributed by atoms with Gasteiger partial charge >= 0.3 is 0 Å². The number of likely N-dealkylation sites (N-methyl/N-ethyl adjacent to an activating group) is 1. The summed E-state index contributed by atoms with van der Waals surface area (Å²) in [4.78, 5) is 2.44. The lowest BCUT2D eigenvalue weighted by molar-refractivity contribution is 0.233. The first-order valence-electron chi connectivity index (χ1n) is 8.22. The van der Waals surface area contributed by atoms with Crippen LogP contribution in [0, 0.1) is 0 Å². The minimum Gasteiger partial charge on any atom is -0.329 e. The predicted molar refractivity (Wildman–Crippen MR) is 89.0 cm³/mol. The summed E-state index contributed by atoms with van der Waals surface area (Å²) in [5.74, 6) is 0. The summed E-state index contributed by atoms with van der Waals surface area (Å²) < 4.78 is 0. The zero-order chi connectivity index (χ0) is 14.6. The summed E-state index contributed by atoms with van der Waals surface area (Å²) in [7, 11) is 2.21. The molecule has 2 nitrogen and oxygen atoms in total. The number of benzene rings is 1. The van der Waals surface area contributed by atoms with Gasteiger partial charge in [0.05, 0.1) is 0 Å². The van der Waals surface area contributed by atoms with Crippen molar-refractivity contribution in [2.24, 2.45) is 5.73 Å². The molecule has 1 atom stereocenters. The molecule has 1 unspecified atom stereocenters. The van der Waals surface area contributed by atoms with Crippen LogP contribution in [-0.4, -0.2) is 31.1 Å². The Morgan fingerprint density at radius 2 is 1.75 bits per heavy atom. The molecule has 2 N–H and O–H groups in total. The van der Waals surface area contributed by atoms with Gasteiger partial charge in [0.25, 0.3) is 0 Å². The van der Waals surface area contributed by atoms with Crippen LogP contribution in [0.15, 0.2) is 30.3 Å². The lowest BCUT2D eigenvalue weighted by Gasteiger charge is -2.27. The molecule has 1 rings (SSSR count). The van der Waals surface area contributed by atoms with Gasteiger partial charge in [-0.25, -0.2) is 0 Å². The molecule has 0 spiro atoms. The maximum absolute atomic E-state index is 5.94. The highest BCUT2D eigenvalue weighted by atomic mass is 15.1. The number of nitrogens with zero attached hydrogens (tertiary/aromatic N) is 1. The van der Waals surface area contributed by atoms with Gasteiger partial charge in [-0.15, -0.1) is 0 Å². The van der Waals surface area contributed by atoms with E-state index in [-0.39, 0.29) is 0 Å². The van der Waals surface area contributed by atoms with E-state index in [1.54, 1.807) is 0 Å². The lowest BCUT2D eigenvalue weighted by atomic mass is 10.0. The number of nitrogens with two attached hydrogens (primary N) is 1. The van der Waals surface area contributed by atoms with Gasteiger partial charge in [-0.2, -0.15) is 0 Å². The van der Waals surface area contributed by atoms with Crippen LogP contribution in [0.3, 0.4) is 0 Å². The van der Waals surface area contributed by atoms with Crippen LogP contribution < -0.4 is 5.73 Å². The topological polar surface area (TPSA) is 29.3 Å². The van der Waals surface area contributed by atoms with Crippen molar-refractivity contribution >= 4 is 0 Å². The Kier molecular flexibility index (Phi) is 9.35. The van der Waals surface area contributed by atoms with E-state index in [9.17, 15) is 0 Å². The molecule has 1 aromatic rings. The van der Waals surface area contributed by atoms with Crippen LogP contribution >= 0.6 is 0 Å². The minimum atomic E-state index is 0.542. The Bertz CT molecular complexity index is 323. The fourth-order valence-electron chi connectivity index (χ4n) is 2.63. The Balaban J connectivity index is 2.22. The van der Waals surface area contributed by atoms with E-state index in [2.05, 4.69) is 49.2 Å². The zero-order valence-electron chi connectivity index (χ0n) is 13.4. The summed E-state index contributed by atoms with van der Waals surface area (Å²) in [6, 6.07) is 11.3. The fraction of sp³-hybridized carbons (Fsp3) is 0.667. The highest BCUT2D eigenvalue weighted by molar-refractivity contribution is 5.14. The van der Waals surface area contributed by atoms with Crippen molar-refractivity contribution in [2.45, 2.75) is 57.9 Å². The summed E-state index contributed by atoms with van der Waals surface area (Å²) >= 11 is 0. The predicted octanol–water partition coefficient (Wildman–Crippen LogP) is 3.85. The molecule has 1 aromatic carbocycles. The highest BCUT2D eigenvalue weighted by Crippen LogP contribution is 2.11. The smallest absolute Gasteiger partial charge is 0.0215 e. The molecule has 0 fully saturated rings. The largest absolute Gasteiger partial charge is 0.329 e. The Morgan fingerprint density at radius 3 is 2.40 bits per heavy atom. The van der Waals surface area contributed by atoms with Gasteiger partial charge in [0.15, 0.2) is 0 Å². The molecule has 0 saturated carbocycles. The van der Waals surface area contributed by atoms with Gasteiger partial charge in [-0.3, -0.25) is 0 Å². The van der Waals surface area contributed by atoms with Gasteiger partial charge in [0.1, 0.15) is 0 Å². The Labute approximate surface area is 125 Å². The molecule has 0 saturated heterocycles. The monoisotopic (exact) mass is 276 g/mol. The molecule has 0 heterocycles. The standard InChI is InChI=1S/C18H32N2/c1-3-4-5-6-10-13-18(16-19)20(2)15-14-17-11-8-7-9-12-17/h7-9,11-12,18H,3-6,10,13-16,19H2,1-2H3. The van der Waals surface area contributed by atoms with Crippen LogP contribution in [0.25, 0.3) is 0 Å². The third-order valence-corrected chi connectivity index (χ3v) is 4.13. The van der Waals surface area contributed by atoms with Crippen molar-refractivity contribution in [3.05, 3.63) is 35.9 Å². The zero-order valence-corrected chi connectivity index (χ0v) is 13.4. The molecule has 0 bridgehead atoms. The van der Waals surface area contributed by atoms with Crippen LogP contribution in [0.4, 0.5) is 0 Å². The van der Waals surface area contributed by atoms with Crippen molar-refractivity contribution < 1.29 is 0 Å². The molecule has 0 radical (unpaired) electrons.